The van der Waals surface area contributed by atoms with Crippen molar-refractivity contribution < 1.29 is 36.6 Å². The lowest BCUT2D eigenvalue weighted by atomic mass is 10.0. The zero-order chi connectivity index (χ0) is 41.8. The van der Waals surface area contributed by atoms with Crippen molar-refractivity contribution in [1.29, 1.82) is 0 Å². The molecule has 2 aromatic heterocycles. The summed E-state index contributed by atoms with van der Waals surface area (Å²) in [5, 5.41) is 3.25. The highest BCUT2D eigenvalue weighted by atomic mass is 35.5. The van der Waals surface area contributed by atoms with Gasteiger partial charge in [0, 0.05) is 81.6 Å². The average Bonchev–Trinajstić information content (AvgIpc) is 3.64. The fourth-order valence-electron chi connectivity index (χ4n) is 10.6. The van der Waals surface area contributed by atoms with Crippen LogP contribution in [0.4, 0.5) is 35.1 Å². The highest BCUT2D eigenvalue weighted by Crippen LogP contribution is 2.57. The van der Waals surface area contributed by atoms with Gasteiger partial charge in [0.05, 0.1) is 14.2 Å². The Bertz CT molecular complexity index is 1890. The molecule has 1 N–H and O–H groups in total. The van der Waals surface area contributed by atoms with Gasteiger partial charge in [-0.25, -0.2) is 15.0 Å². The maximum atomic E-state index is 14.6. The molecule has 2 aromatic rings. The van der Waals surface area contributed by atoms with Gasteiger partial charge in [0.1, 0.15) is 23.0 Å². The van der Waals surface area contributed by atoms with Crippen LogP contribution in [0.1, 0.15) is 101 Å². The Labute approximate surface area is 374 Å². The van der Waals surface area contributed by atoms with Gasteiger partial charge in [0.2, 0.25) is 11.2 Å². The summed E-state index contributed by atoms with van der Waals surface area (Å²) in [4.78, 5) is 46.4. The van der Waals surface area contributed by atoms with Crippen molar-refractivity contribution in [2.24, 2.45) is 35.5 Å². The summed E-state index contributed by atoms with van der Waals surface area (Å²) < 4.78 is 66.5. The normalized spacial score (nSPS) is 30.4. The maximum Gasteiger partial charge on any atom is 0.305 e. The topological polar surface area (TPSA) is 126 Å². The summed E-state index contributed by atoms with van der Waals surface area (Å²) in [5.74, 6) is -2.10. The fourth-order valence-corrected chi connectivity index (χ4v) is 10.8. The molecule has 8 aliphatic rings. The number of piperidine rings is 4. The molecule has 0 bridgehead atoms. The number of fused-ring (bicyclic) bond motifs is 4. The van der Waals surface area contributed by atoms with Gasteiger partial charge in [-0.05, 0) is 112 Å². The van der Waals surface area contributed by atoms with Gasteiger partial charge in [-0.1, -0.05) is 6.42 Å². The number of nitrogens with one attached hydrogen (secondary N) is 1. The molecule has 61 heavy (non-hydrogen) atoms. The molecule has 0 amide bonds. The molecule has 6 heterocycles. The highest BCUT2D eigenvalue weighted by Gasteiger charge is 2.58. The molecule has 6 fully saturated rings. The van der Waals surface area contributed by atoms with Crippen molar-refractivity contribution in [3.05, 3.63) is 27.8 Å². The van der Waals surface area contributed by atoms with Crippen LogP contribution >= 0.6 is 38.6 Å². The number of carbonyl (C=O) groups is 2. The van der Waals surface area contributed by atoms with Crippen LogP contribution in [-0.2, 0) is 43.7 Å². The third-order valence-corrected chi connectivity index (χ3v) is 14.4. The second kappa shape index (κ2) is 19.1. The molecule has 0 aromatic carbocycles. The second-order valence-corrected chi connectivity index (χ2v) is 18.3. The molecule has 2 unspecified atom stereocenters. The molecule has 4 saturated heterocycles. The number of methoxy groups -OCH3 is 2. The first-order valence-electron chi connectivity index (χ1n) is 21.6. The maximum absolute atomic E-state index is 14.6. The Kier molecular flexibility index (Phi) is 14.9. The largest absolute Gasteiger partial charge is 0.469 e. The SMILES string of the molecule is COC(=O)CC1[C@H]2CN(c3nc(Cl)nc4c3CCC4(F)F)C[C@@H]12.COC(=O)CC1[C@H]2CN(c3nc(N4CCCC[C@@H]4C)nc4c3CCC4(F)F)C[C@@H]12.C[C@H]1CCCCN1.S.S. The summed E-state index contributed by atoms with van der Waals surface area (Å²) in [7, 11) is 2.81. The monoisotopic (exact) mass is 916 g/mol. The Morgan fingerprint density at radius 2 is 1.21 bits per heavy atom. The summed E-state index contributed by atoms with van der Waals surface area (Å²) in [6.45, 7) is 9.41. The summed E-state index contributed by atoms with van der Waals surface area (Å²) >= 11 is 5.85. The van der Waals surface area contributed by atoms with Gasteiger partial charge in [0.15, 0.2) is 0 Å². The lowest BCUT2D eigenvalue weighted by Crippen LogP contribution is -2.39. The van der Waals surface area contributed by atoms with Crippen LogP contribution in [-0.4, -0.2) is 97.4 Å². The molecule has 19 heteroatoms. The van der Waals surface area contributed by atoms with Crippen molar-refractivity contribution >= 4 is 68.1 Å². The minimum Gasteiger partial charge on any atom is -0.469 e. The van der Waals surface area contributed by atoms with Gasteiger partial charge in [-0.2, -0.15) is 49.5 Å². The molecular formula is C42H61ClF4N8O4S2. The second-order valence-electron chi connectivity index (χ2n) is 18.0. The van der Waals surface area contributed by atoms with E-state index in [1.54, 1.807) is 0 Å². The number of hydrogen-bond donors (Lipinski definition) is 1. The van der Waals surface area contributed by atoms with Crippen LogP contribution in [0, 0.1) is 35.5 Å². The molecule has 2 saturated carbocycles. The number of anilines is 3. The first-order valence-corrected chi connectivity index (χ1v) is 21.9. The Balaban J connectivity index is 0.000000174. The van der Waals surface area contributed by atoms with E-state index in [1.807, 2.05) is 4.90 Å². The van der Waals surface area contributed by atoms with Crippen LogP contribution < -0.4 is 20.0 Å². The van der Waals surface area contributed by atoms with Crippen LogP contribution in [0.25, 0.3) is 0 Å². The Morgan fingerprint density at radius 3 is 1.66 bits per heavy atom. The van der Waals surface area contributed by atoms with Gasteiger partial charge in [-0.3, -0.25) is 9.59 Å². The van der Waals surface area contributed by atoms with Gasteiger partial charge in [0.25, 0.3) is 11.8 Å². The van der Waals surface area contributed by atoms with E-state index < -0.39 is 11.8 Å². The number of carbonyl (C=O) groups excluding carboxylic acids is 2. The highest BCUT2D eigenvalue weighted by molar-refractivity contribution is 7.59. The third kappa shape index (κ3) is 9.96. The van der Waals surface area contributed by atoms with E-state index in [0.29, 0.717) is 83.5 Å². The standard InChI is InChI=1S/C21H28F2N4O2.C15H16ClF2N3O2.C6H13N.2H2S/c1-12-5-3-4-8-27(12)20-24-18-13(6-7-21(18,22)23)19(25-20)26-10-15-14(16(15)11-26)9-17(28)29-2;1-23-11(22)4-8-9-5-21(6-10(8)9)13-7-2-3-15(17,18)12(7)19-14(16)20-13;1-6-4-2-3-5-7-6;;/h12,14-16H,3-11H2,1-2H3;8-10H,2-6H2,1H3;6-7H,2-5H2,1H3;2*1H2/t12-,14?,15-,16+;8?,9-,10+;6-;;/m0.0../s1. The molecule has 340 valence electrons. The number of hydrogen-bond acceptors (Lipinski definition) is 12. The number of aromatic nitrogens is 4. The molecule has 8 atom stereocenters. The number of nitrogens with zero attached hydrogens (tertiary/aromatic N) is 7. The number of alkyl halides is 4. The van der Waals surface area contributed by atoms with Crippen molar-refractivity contribution in [3.63, 3.8) is 0 Å². The molecule has 12 nitrogen and oxygen atoms in total. The van der Waals surface area contributed by atoms with Gasteiger partial charge >= 0.3 is 11.9 Å². The molecular weight excluding hydrogens is 856 g/mol. The van der Waals surface area contributed by atoms with E-state index >= 15 is 0 Å². The van der Waals surface area contributed by atoms with Crippen LogP contribution in [0.2, 0.25) is 5.28 Å². The van der Waals surface area contributed by atoms with E-state index in [9.17, 15) is 27.2 Å². The first-order chi connectivity index (χ1) is 28.2. The van der Waals surface area contributed by atoms with Crippen molar-refractivity contribution in [2.75, 3.05) is 68.2 Å². The third-order valence-electron chi connectivity index (χ3n) is 14.2. The quantitative estimate of drug-likeness (QED) is 0.176. The van der Waals surface area contributed by atoms with Crippen LogP contribution in [0.3, 0.4) is 0 Å². The zero-order valence-electron chi connectivity index (χ0n) is 35.5. The zero-order valence-corrected chi connectivity index (χ0v) is 38.3. The van der Waals surface area contributed by atoms with Crippen molar-refractivity contribution in [1.82, 2.24) is 25.3 Å². The van der Waals surface area contributed by atoms with E-state index in [1.165, 1.54) is 40.0 Å². The number of ether oxygens (including phenoxy) is 2. The molecule has 4 aliphatic carbocycles. The van der Waals surface area contributed by atoms with E-state index in [4.69, 9.17) is 26.1 Å². The molecule has 0 spiro atoms. The lowest BCUT2D eigenvalue weighted by molar-refractivity contribution is -0.142. The number of esters is 2. The minimum atomic E-state index is -2.92. The van der Waals surface area contributed by atoms with E-state index in [0.717, 1.165) is 58.0 Å². The van der Waals surface area contributed by atoms with E-state index in [-0.39, 0.29) is 80.9 Å². The van der Waals surface area contributed by atoms with Crippen molar-refractivity contribution in [2.45, 2.75) is 115 Å². The van der Waals surface area contributed by atoms with Crippen LogP contribution in [0.15, 0.2) is 0 Å². The summed E-state index contributed by atoms with van der Waals surface area (Å²) in [6.07, 6.45) is 8.47. The average molecular weight is 918 g/mol. The lowest BCUT2D eigenvalue weighted by Gasteiger charge is -2.34. The number of halogens is 5. The minimum absolute atomic E-state index is 0. The smallest absolute Gasteiger partial charge is 0.305 e. The van der Waals surface area contributed by atoms with Gasteiger partial charge < -0.3 is 29.5 Å². The summed E-state index contributed by atoms with van der Waals surface area (Å²) in [5.41, 5.74) is 0.848. The molecule has 0 radical (unpaired) electrons. The van der Waals surface area contributed by atoms with Crippen LogP contribution in [0.5, 0.6) is 0 Å². The van der Waals surface area contributed by atoms with E-state index in [2.05, 4.69) is 43.9 Å². The van der Waals surface area contributed by atoms with Gasteiger partial charge in [-0.15, -0.1) is 0 Å². The first kappa shape index (κ1) is 47.6. The summed E-state index contributed by atoms with van der Waals surface area (Å²) in [6, 6.07) is 1.05. The fraction of sp³-hybridized carbons (Fsp3) is 0.762. The molecule has 10 rings (SSSR count). The molecule has 4 aliphatic heterocycles. The number of rotatable bonds is 7. The predicted molar refractivity (Wildman–Crippen MR) is 235 cm³/mol. The predicted octanol–water partition coefficient (Wildman–Crippen LogP) is 6.93. The Morgan fingerprint density at radius 1 is 0.721 bits per heavy atom. The van der Waals surface area contributed by atoms with Crippen molar-refractivity contribution in [3.8, 4) is 0 Å². The Hall–Kier alpha value is -2.83.